The van der Waals surface area contributed by atoms with Gasteiger partial charge in [0.25, 0.3) is 0 Å². The zero-order valence-electron chi connectivity index (χ0n) is 20.0. The molecule has 0 aliphatic carbocycles. The Balaban J connectivity index is 2.37. The van der Waals surface area contributed by atoms with Crippen molar-refractivity contribution >= 4 is 0 Å². The summed E-state index contributed by atoms with van der Waals surface area (Å²) in [5.74, 6) is 1.14. The molecule has 1 heteroatoms. The van der Waals surface area contributed by atoms with Crippen molar-refractivity contribution in [2.24, 2.45) is 0 Å². The van der Waals surface area contributed by atoms with Crippen molar-refractivity contribution in [1.29, 1.82) is 0 Å². The standard InChI is InChI=1S/C28H50O/c1-4-7-9-11-12-13-14-15-17-19-22-27-26(23-20-24-28(27)29)25(6-3)21-18-16-10-8-5-2/h20,23-25,29H,4-19,21-22H2,1-3H3. The molecule has 29 heavy (non-hydrogen) atoms. The molecule has 0 aliphatic rings. The van der Waals surface area contributed by atoms with E-state index in [-0.39, 0.29) is 0 Å². The van der Waals surface area contributed by atoms with E-state index >= 15 is 0 Å². The lowest BCUT2D eigenvalue weighted by molar-refractivity contribution is 0.460. The molecule has 0 spiro atoms. The van der Waals surface area contributed by atoms with Crippen LogP contribution in [0.2, 0.25) is 0 Å². The van der Waals surface area contributed by atoms with Crippen LogP contribution < -0.4 is 0 Å². The predicted octanol–water partition coefficient (Wildman–Crippen LogP) is 9.71. The second-order valence-electron chi connectivity index (χ2n) is 9.08. The minimum absolute atomic E-state index is 0.530. The van der Waals surface area contributed by atoms with Gasteiger partial charge in [0, 0.05) is 0 Å². The van der Waals surface area contributed by atoms with E-state index in [1.165, 1.54) is 120 Å². The molecule has 1 unspecified atom stereocenters. The molecule has 1 atom stereocenters. The van der Waals surface area contributed by atoms with E-state index in [2.05, 4.69) is 26.8 Å². The highest BCUT2D eigenvalue weighted by molar-refractivity contribution is 5.41. The summed E-state index contributed by atoms with van der Waals surface area (Å²) >= 11 is 0. The van der Waals surface area contributed by atoms with Gasteiger partial charge in [0.2, 0.25) is 0 Å². The van der Waals surface area contributed by atoms with E-state index in [9.17, 15) is 5.11 Å². The predicted molar refractivity (Wildman–Crippen MR) is 130 cm³/mol. The van der Waals surface area contributed by atoms with Crippen LogP contribution in [0.15, 0.2) is 18.2 Å². The van der Waals surface area contributed by atoms with Crippen molar-refractivity contribution in [2.75, 3.05) is 0 Å². The summed E-state index contributed by atoms with van der Waals surface area (Å²) in [5, 5.41) is 10.5. The van der Waals surface area contributed by atoms with E-state index in [1.54, 1.807) is 0 Å². The van der Waals surface area contributed by atoms with E-state index in [0.717, 1.165) is 6.42 Å². The number of rotatable bonds is 19. The second-order valence-corrected chi connectivity index (χ2v) is 9.08. The fourth-order valence-corrected chi connectivity index (χ4v) is 4.61. The number of benzene rings is 1. The molecule has 1 nitrogen and oxygen atoms in total. The van der Waals surface area contributed by atoms with Gasteiger partial charge in [0.1, 0.15) is 5.75 Å². The Bertz CT molecular complexity index is 493. The summed E-state index contributed by atoms with van der Waals surface area (Å²) in [6.45, 7) is 6.87. The lowest BCUT2D eigenvalue weighted by Crippen LogP contribution is -2.03. The molecule has 1 aromatic carbocycles. The topological polar surface area (TPSA) is 20.2 Å². The molecule has 0 fully saturated rings. The molecule has 0 aromatic heterocycles. The molecule has 0 saturated heterocycles. The fourth-order valence-electron chi connectivity index (χ4n) is 4.61. The first kappa shape index (κ1) is 26.1. The first-order valence-corrected chi connectivity index (χ1v) is 13.0. The molecule has 1 N–H and O–H groups in total. The summed E-state index contributed by atoms with van der Waals surface area (Å²) < 4.78 is 0. The van der Waals surface area contributed by atoms with Gasteiger partial charge in [-0.05, 0) is 48.8 Å². The van der Waals surface area contributed by atoms with Crippen LogP contribution in [0.5, 0.6) is 5.75 Å². The van der Waals surface area contributed by atoms with Crippen molar-refractivity contribution < 1.29 is 5.11 Å². The van der Waals surface area contributed by atoms with Crippen LogP contribution in [0.25, 0.3) is 0 Å². The van der Waals surface area contributed by atoms with Crippen LogP contribution in [-0.4, -0.2) is 5.11 Å². The molecular weight excluding hydrogens is 352 g/mol. The third-order valence-corrected chi connectivity index (χ3v) is 6.56. The minimum Gasteiger partial charge on any atom is -0.508 e. The Morgan fingerprint density at radius 3 is 1.72 bits per heavy atom. The molecule has 0 radical (unpaired) electrons. The zero-order valence-corrected chi connectivity index (χ0v) is 20.0. The lowest BCUT2D eigenvalue weighted by Gasteiger charge is -2.20. The van der Waals surface area contributed by atoms with Crippen molar-refractivity contribution in [3.05, 3.63) is 29.3 Å². The molecule has 0 amide bonds. The van der Waals surface area contributed by atoms with Gasteiger partial charge < -0.3 is 5.11 Å². The maximum Gasteiger partial charge on any atom is 0.119 e. The quantitative estimate of drug-likeness (QED) is 0.228. The van der Waals surface area contributed by atoms with Crippen molar-refractivity contribution in [3.63, 3.8) is 0 Å². The number of phenolic OH excluding ortho intramolecular Hbond substituents is 1. The first-order chi connectivity index (χ1) is 14.2. The monoisotopic (exact) mass is 402 g/mol. The number of aromatic hydroxyl groups is 1. The lowest BCUT2D eigenvalue weighted by atomic mass is 9.85. The Labute approximate surface area is 182 Å². The van der Waals surface area contributed by atoms with Crippen LogP contribution in [0, 0.1) is 0 Å². The van der Waals surface area contributed by atoms with Crippen LogP contribution in [-0.2, 0) is 6.42 Å². The maximum atomic E-state index is 10.5. The summed E-state index contributed by atoms with van der Waals surface area (Å²) in [6.07, 6.45) is 23.9. The third-order valence-electron chi connectivity index (χ3n) is 6.56. The van der Waals surface area contributed by atoms with Crippen LogP contribution >= 0.6 is 0 Å². The molecule has 0 bridgehead atoms. The fraction of sp³-hybridized carbons (Fsp3) is 0.786. The maximum absolute atomic E-state index is 10.5. The first-order valence-electron chi connectivity index (χ1n) is 13.0. The number of hydrogen-bond acceptors (Lipinski definition) is 1. The smallest absolute Gasteiger partial charge is 0.119 e. The van der Waals surface area contributed by atoms with Gasteiger partial charge >= 0.3 is 0 Å². The molecular formula is C28H50O. The number of hydrogen-bond donors (Lipinski definition) is 1. The molecule has 0 heterocycles. The van der Waals surface area contributed by atoms with Crippen LogP contribution in [0.4, 0.5) is 0 Å². The highest BCUT2D eigenvalue weighted by Crippen LogP contribution is 2.34. The highest BCUT2D eigenvalue weighted by atomic mass is 16.3. The Morgan fingerprint density at radius 2 is 1.17 bits per heavy atom. The summed E-state index contributed by atoms with van der Waals surface area (Å²) in [5.41, 5.74) is 2.67. The van der Waals surface area contributed by atoms with Gasteiger partial charge in [0.15, 0.2) is 0 Å². The Kier molecular flexibility index (Phi) is 16.0. The van der Waals surface area contributed by atoms with E-state index in [4.69, 9.17) is 0 Å². The van der Waals surface area contributed by atoms with Gasteiger partial charge in [0.05, 0.1) is 0 Å². The van der Waals surface area contributed by atoms with E-state index in [0.29, 0.717) is 11.7 Å². The Morgan fingerprint density at radius 1 is 0.655 bits per heavy atom. The van der Waals surface area contributed by atoms with Gasteiger partial charge in [-0.2, -0.15) is 0 Å². The summed E-state index contributed by atoms with van der Waals surface area (Å²) in [4.78, 5) is 0. The zero-order chi connectivity index (χ0) is 21.2. The van der Waals surface area contributed by atoms with Crippen molar-refractivity contribution in [3.8, 4) is 5.75 Å². The van der Waals surface area contributed by atoms with Gasteiger partial charge in [-0.15, -0.1) is 0 Å². The second kappa shape index (κ2) is 17.8. The van der Waals surface area contributed by atoms with Gasteiger partial charge in [-0.25, -0.2) is 0 Å². The van der Waals surface area contributed by atoms with Gasteiger partial charge in [-0.3, -0.25) is 0 Å². The van der Waals surface area contributed by atoms with Crippen molar-refractivity contribution in [2.45, 2.75) is 142 Å². The third kappa shape index (κ3) is 11.7. The average Bonchev–Trinajstić information content (AvgIpc) is 2.73. The molecule has 168 valence electrons. The normalized spacial score (nSPS) is 12.4. The van der Waals surface area contributed by atoms with E-state index < -0.39 is 0 Å². The van der Waals surface area contributed by atoms with Crippen LogP contribution in [0.3, 0.4) is 0 Å². The molecule has 1 aromatic rings. The van der Waals surface area contributed by atoms with Gasteiger partial charge in [-0.1, -0.05) is 123 Å². The molecule has 0 saturated carbocycles. The largest absolute Gasteiger partial charge is 0.508 e. The molecule has 1 rings (SSSR count). The average molecular weight is 403 g/mol. The number of unbranched alkanes of at least 4 members (excludes halogenated alkanes) is 13. The molecule has 0 aliphatic heterocycles. The SMILES string of the molecule is CCCCCCCCCCCCc1c(O)cccc1C(CC)CCCCCCC. The van der Waals surface area contributed by atoms with Crippen molar-refractivity contribution in [1.82, 2.24) is 0 Å². The van der Waals surface area contributed by atoms with E-state index in [1.807, 2.05) is 12.1 Å². The number of phenols is 1. The Hall–Kier alpha value is -0.980. The minimum atomic E-state index is 0.530. The highest BCUT2D eigenvalue weighted by Gasteiger charge is 2.16. The summed E-state index contributed by atoms with van der Waals surface area (Å²) in [6, 6.07) is 6.22. The summed E-state index contributed by atoms with van der Waals surface area (Å²) in [7, 11) is 0. The van der Waals surface area contributed by atoms with Crippen LogP contribution in [0.1, 0.15) is 147 Å².